The van der Waals surface area contributed by atoms with Gasteiger partial charge in [0.15, 0.2) is 0 Å². The van der Waals surface area contributed by atoms with E-state index in [1.807, 2.05) is 31.2 Å². The first-order valence-corrected chi connectivity index (χ1v) is 9.82. The van der Waals surface area contributed by atoms with Crippen LogP contribution in [0.5, 0.6) is 0 Å². The van der Waals surface area contributed by atoms with Crippen molar-refractivity contribution in [3.05, 3.63) is 65.2 Å². The van der Waals surface area contributed by atoms with Crippen LogP contribution >= 0.6 is 0 Å². The lowest BCUT2D eigenvalue weighted by Gasteiger charge is -2.14. The van der Waals surface area contributed by atoms with Crippen LogP contribution in [-0.2, 0) is 21.4 Å². The van der Waals surface area contributed by atoms with E-state index in [9.17, 15) is 18.0 Å². The molecule has 2 aromatic rings. The summed E-state index contributed by atoms with van der Waals surface area (Å²) in [7, 11) is -3.80. The predicted octanol–water partition coefficient (Wildman–Crippen LogP) is 2.24. The number of carbonyl (C=O) groups excluding carboxylic acids is 2. The van der Waals surface area contributed by atoms with Crippen molar-refractivity contribution in [3.63, 3.8) is 0 Å². The number of nitrogens with one attached hydrogen (secondary N) is 1. The lowest BCUT2D eigenvalue weighted by Crippen LogP contribution is -2.32. The lowest BCUT2D eigenvalue weighted by molar-refractivity contribution is -0.121. The van der Waals surface area contributed by atoms with Gasteiger partial charge in [0.2, 0.25) is 5.91 Å². The first kappa shape index (κ1) is 18.1. The Kier molecular flexibility index (Phi) is 5.08. The second kappa shape index (κ2) is 7.29. The van der Waals surface area contributed by atoms with Gasteiger partial charge in [0.25, 0.3) is 15.9 Å². The van der Waals surface area contributed by atoms with Crippen LogP contribution in [0.15, 0.2) is 53.4 Å². The summed E-state index contributed by atoms with van der Waals surface area (Å²) >= 11 is 0. The van der Waals surface area contributed by atoms with Gasteiger partial charge in [0.1, 0.15) is 4.90 Å². The summed E-state index contributed by atoms with van der Waals surface area (Å²) in [4.78, 5) is 24.3. The number of aryl methyl sites for hydroxylation is 1. The summed E-state index contributed by atoms with van der Waals surface area (Å²) in [5.74, 6) is -0.698. The Labute approximate surface area is 152 Å². The van der Waals surface area contributed by atoms with Gasteiger partial charge >= 0.3 is 0 Å². The van der Waals surface area contributed by atoms with Crippen LogP contribution in [0, 0.1) is 6.92 Å². The average Bonchev–Trinajstić information content (AvgIpc) is 2.82. The number of hydrogen-bond acceptors (Lipinski definition) is 4. The molecule has 7 heteroatoms. The number of nitrogens with zero attached hydrogens (tertiary/aromatic N) is 1. The average molecular weight is 372 g/mol. The van der Waals surface area contributed by atoms with Crippen molar-refractivity contribution in [1.29, 1.82) is 0 Å². The maximum atomic E-state index is 12.4. The molecule has 6 nitrogen and oxygen atoms in total. The Hall–Kier alpha value is -2.67. The third kappa shape index (κ3) is 3.48. The highest BCUT2D eigenvalue weighted by Gasteiger charge is 2.40. The number of sulfonamides is 1. The Morgan fingerprint density at radius 3 is 2.50 bits per heavy atom. The lowest BCUT2D eigenvalue weighted by atomic mass is 10.1. The zero-order valence-electron chi connectivity index (χ0n) is 14.4. The topological polar surface area (TPSA) is 83.6 Å². The molecule has 26 heavy (non-hydrogen) atoms. The first-order valence-electron chi connectivity index (χ1n) is 8.38. The molecule has 0 aromatic heterocycles. The molecule has 0 bridgehead atoms. The van der Waals surface area contributed by atoms with Gasteiger partial charge in [-0.15, -0.1) is 0 Å². The molecule has 0 saturated carbocycles. The molecule has 0 spiro atoms. The molecule has 1 N–H and O–H groups in total. The molecule has 0 fully saturated rings. The van der Waals surface area contributed by atoms with Gasteiger partial charge in [-0.2, -0.15) is 0 Å². The van der Waals surface area contributed by atoms with Gasteiger partial charge in [0.05, 0.1) is 5.56 Å². The molecule has 0 aliphatic carbocycles. The molecule has 136 valence electrons. The number of benzene rings is 2. The molecule has 0 atom stereocenters. The Morgan fingerprint density at radius 1 is 1.08 bits per heavy atom. The van der Waals surface area contributed by atoms with Gasteiger partial charge in [-0.3, -0.25) is 9.59 Å². The quantitative estimate of drug-likeness (QED) is 0.843. The number of hydrogen-bond donors (Lipinski definition) is 1. The van der Waals surface area contributed by atoms with Gasteiger partial charge in [-0.05, 0) is 36.6 Å². The third-order valence-electron chi connectivity index (χ3n) is 4.41. The summed E-state index contributed by atoms with van der Waals surface area (Å²) in [6.07, 6.45) is 0.431. The molecular formula is C19H20N2O4S. The standard InChI is InChI=1S/C19H20N2O4S/c1-14-7-2-3-8-15(14)13-20-18(22)11-6-12-21-19(23)16-9-4-5-10-17(16)26(21,24)25/h2-5,7-10H,6,11-13H2,1H3,(H,20,22). The largest absolute Gasteiger partial charge is 0.352 e. The van der Waals surface area contributed by atoms with E-state index in [4.69, 9.17) is 0 Å². The minimum Gasteiger partial charge on any atom is -0.352 e. The van der Waals surface area contributed by atoms with E-state index in [1.54, 1.807) is 12.1 Å². The summed E-state index contributed by atoms with van der Waals surface area (Å²) < 4.78 is 25.7. The van der Waals surface area contributed by atoms with E-state index in [0.717, 1.165) is 15.4 Å². The molecule has 2 aromatic carbocycles. The highest BCUT2D eigenvalue weighted by molar-refractivity contribution is 7.90. The van der Waals surface area contributed by atoms with Crippen molar-refractivity contribution < 1.29 is 18.0 Å². The van der Waals surface area contributed by atoms with Crippen molar-refractivity contribution in [2.45, 2.75) is 31.2 Å². The molecule has 1 aliphatic rings. The SMILES string of the molecule is Cc1ccccc1CNC(=O)CCCN1C(=O)c2ccccc2S1(=O)=O. The van der Waals surface area contributed by atoms with Crippen molar-refractivity contribution in [2.24, 2.45) is 0 Å². The van der Waals surface area contributed by atoms with Crippen LogP contribution in [0.4, 0.5) is 0 Å². The van der Waals surface area contributed by atoms with E-state index in [0.29, 0.717) is 6.54 Å². The Balaban J connectivity index is 1.53. The van der Waals surface area contributed by atoms with Gasteiger partial charge < -0.3 is 5.32 Å². The fraction of sp³-hybridized carbons (Fsp3) is 0.263. The van der Waals surface area contributed by atoms with Crippen LogP contribution in [0.3, 0.4) is 0 Å². The monoisotopic (exact) mass is 372 g/mol. The van der Waals surface area contributed by atoms with E-state index in [2.05, 4.69) is 5.32 Å². The molecule has 2 amide bonds. The molecular weight excluding hydrogens is 352 g/mol. The fourth-order valence-electron chi connectivity index (χ4n) is 2.93. The van der Waals surface area contributed by atoms with E-state index in [-0.39, 0.29) is 35.8 Å². The third-order valence-corrected chi connectivity index (χ3v) is 6.25. The maximum absolute atomic E-state index is 12.4. The second-order valence-electron chi connectivity index (χ2n) is 6.19. The minimum absolute atomic E-state index is 0.00632. The summed E-state index contributed by atoms with van der Waals surface area (Å²) in [5.41, 5.74) is 2.32. The fourth-order valence-corrected chi connectivity index (χ4v) is 4.53. The van der Waals surface area contributed by atoms with Gasteiger partial charge in [-0.25, -0.2) is 12.7 Å². The first-order chi connectivity index (χ1) is 12.4. The molecule has 1 aliphatic heterocycles. The smallest absolute Gasteiger partial charge is 0.269 e. The maximum Gasteiger partial charge on any atom is 0.269 e. The van der Waals surface area contributed by atoms with E-state index in [1.165, 1.54) is 12.1 Å². The van der Waals surface area contributed by atoms with Gasteiger partial charge in [-0.1, -0.05) is 36.4 Å². The highest BCUT2D eigenvalue weighted by Crippen LogP contribution is 2.29. The Bertz CT molecular complexity index is 954. The van der Waals surface area contributed by atoms with Crippen LogP contribution in [0.1, 0.15) is 34.3 Å². The summed E-state index contributed by atoms with van der Waals surface area (Å²) in [6.45, 7) is 2.40. The van der Waals surface area contributed by atoms with Crippen molar-refractivity contribution in [3.8, 4) is 0 Å². The van der Waals surface area contributed by atoms with Crippen molar-refractivity contribution in [1.82, 2.24) is 9.62 Å². The van der Waals surface area contributed by atoms with Crippen LogP contribution in [0.25, 0.3) is 0 Å². The zero-order chi connectivity index (χ0) is 18.7. The highest BCUT2D eigenvalue weighted by atomic mass is 32.2. The molecule has 0 radical (unpaired) electrons. The number of amides is 2. The minimum atomic E-state index is -3.80. The molecule has 3 rings (SSSR count). The summed E-state index contributed by atoms with van der Waals surface area (Å²) in [5, 5.41) is 2.82. The van der Waals surface area contributed by atoms with Crippen LogP contribution < -0.4 is 5.32 Å². The van der Waals surface area contributed by atoms with E-state index < -0.39 is 15.9 Å². The van der Waals surface area contributed by atoms with E-state index >= 15 is 0 Å². The normalized spacial score (nSPS) is 15.0. The van der Waals surface area contributed by atoms with Crippen molar-refractivity contribution >= 4 is 21.8 Å². The zero-order valence-corrected chi connectivity index (χ0v) is 15.3. The van der Waals surface area contributed by atoms with Gasteiger partial charge in [0, 0.05) is 19.5 Å². The van der Waals surface area contributed by atoms with Crippen molar-refractivity contribution in [2.75, 3.05) is 6.54 Å². The predicted molar refractivity (Wildman–Crippen MR) is 96.9 cm³/mol. The van der Waals surface area contributed by atoms with Crippen LogP contribution in [-0.4, -0.2) is 31.1 Å². The number of rotatable bonds is 6. The molecule has 0 saturated heterocycles. The van der Waals surface area contributed by atoms with Crippen LogP contribution in [0.2, 0.25) is 0 Å². The molecule has 1 heterocycles. The number of fused-ring (bicyclic) bond motifs is 1. The Morgan fingerprint density at radius 2 is 1.77 bits per heavy atom. The summed E-state index contributed by atoms with van der Waals surface area (Å²) in [6, 6.07) is 13.9. The second-order valence-corrected chi connectivity index (χ2v) is 8.02. The molecule has 0 unspecified atom stereocenters. The number of carbonyl (C=O) groups is 2.